The third-order valence-electron chi connectivity index (χ3n) is 2.75. The van der Waals surface area contributed by atoms with Crippen molar-refractivity contribution in [2.24, 2.45) is 7.05 Å². The highest BCUT2D eigenvalue weighted by Crippen LogP contribution is 2.26. The zero-order chi connectivity index (χ0) is 13.3. The lowest BCUT2D eigenvalue weighted by Gasteiger charge is -2.03. The quantitative estimate of drug-likeness (QED) is 0.907. The van der Waals surface area contributed by atoms with E-state index in [2.05, 4.69) is 5.10 Å². The van der Waals surface area contributed by atoms with E-state index in [-0.39, 0.29) is 5.56 Å². The van der Waals surface area contributed by atoms with Crippen LogP contribution in [0, 0.1) is 5.82 Å². The SMILES string of the molecule is CCc1nn(C)cc1-c1ccc(C(=O)O)cc1F. The Morgan fingerprint density at radius 2 is 2.17 bits per heavy atom. The first kappa shape index (κ1) is 12.3. The van der Waals surface area contributed by atoms with Crippen LogP contribution in [-0.4, -0.2) is 20.9 Å². The lowest BCUT2D eigenvalue weighted by atomic mass is 10.0. The van der Waals surface area contributed by atoms with Gasteiger partial charge in [-0.2, -0.15) is 5.10 Å². The van der Waals surface area contributed by atoms with Gasteiger partial charge in [-0.1, -0.05) is 13.0 Å². The van der Waals surface area contributed by atoms with Crippen molar-refractivity contribution in [2.45, 2.75) is 13.3 Å². The molecular weight excluding hydrogens is 235 g/mol. The van der Waals surface area contributed by atoms with E-state index in [0.29, 0.717) is 17.5 Å². The van der Waals surface area contributed by atoms with Crippen LogP contribution in [0.3, 0.4) is 0 Å². The minimum Gasteiger partial charge on any atom is -0.478 e. The number of aromatic carboxylic acids is 1. The van der Waals surface area contributed by atoms with Gasteiger partial charge in [-0.05, 0) is 18.6 Å². The van der Waals surface area contributed by atoms with Crippen molar-refractivity contribution in [1.29, 1.82) is 0 Å². The second-order valence-electron chi connectivity index (χ2n) is 4.02. The molecule has 5 heteroatoms. The summed E-state index contributed by atoms with van der Waals surface area (Å²) < 4.78 is 15.5. The number of halogens is 1. The van der Waals surface area contributed by atoms with Gasteiger partial charge in [0.05, 0.1) is 11.3 Å². The highest BCUT2D eigenvalue weighted by atomic mass is 19.1. The van der Waals surface area contributed by atoms with Gasteiger partial charge in [-0.15, -0.1) is 0 Å². The maximum atomic E-state index is 13.9. The molecule has 0 aliphatic heterocycles. The number of aryl methyl sites for hydroxylation is 2. The van der Waals surface area contributed by atoms with Gasteiger partial charge in [-0.3, -0.25) is 4.68 Å². The van der Waals surface area contributed by atoms with Gasteiger partial charge in [0.1, 0.15) is 5.82 Å². The molecule has 18 heavy (non-hydrogen) atoms. The molecule has 0 bridgehead atoms. The molecule has 2 aromatic rings. The highest BCUT2D eigenvalue weighted by Gasteiger charge is 2.14. The Bertz CT molecular complexity index is 605. The number of nitrogens with zero attached hydrogens (tertiary/aromatic N) is 2. The summed E-state index contributed by atoms with van der Waals surface area (Å²) in [6, 6.07) is 3.91. The predicted molar refractivity (Wildman–Crippen MR) is 64.9 cm³/mol. The van der Waals surface area contributed by atoms with Crippen LogP contribution in [0.5, 0.6) is 0 Å². The van der Waals surface area contributed by atoms with Crippen molar-refractivity contribution < 1.29 is 14.3 Å². The average Bonchev–Trinajstić information content (AvgIpc) is 2.70. The predicted octanol–water partition coefficient (Wildman–Crippen LogP) is 2.49. The molecule has 0 unspecified atom stereocenters. The first-order valence-corrected chi connectivity index (χ1v) is 5.58. The Balaban J connectivity index is 2.54. The smallest absolute Gasteiger partial charge is 0.335 e. The summed E-state index contributed by atoms with van der Waals surface area (Å²) in [6.45, 7) is 1.94. The zero-order valence-electron chi connectivity index (χ0n) is 10.1. The molecule has 0 fully saturated rings. The van der Waals surface area contributed by atoms with Crippen LogP contribution >= 0.6 is 0 Å². The molecule has 0 saturated heterocycles. The maximum Gasteiger partial charge on any atom is 0.335 e. The molecule has 0 aliphatic rings. The van der Waals surface area contributed by atoms with Crippen molar-refractivity contribution in [3.63, 3.8) is 0 Å². The normalized spacial score (nSPS) is 10.6. The molecule has 1 N–H and O–H groups in total. The van der Waals surface area contributed by atoms with Gasteiger partial charge in [0.2, 0.25) is 0 Å². The summed E-state index contributed by atoms with van der Waals surface area (Å²) in [5, 5.41) is 13.0. The van der Waals surface area contributed by atoms with E-state index < -0.39 is 11.8 Å². The van der Waals surface area contributed by atoms with Crippen LogP contribution in [0.25, 0.3) is 11.1 Å². The molecule has 2 rings (SSSR count). The molecule has 4 nitrogen and oxygen atoms in total. The minimum atomic E-state index is -1.14. The number of carboxylic acids is 1. The monoisotopic (exact) mass is 248 g/mol. The van der Waals surface area contributed by atoms with Gasteiger partial charge < -0.3 is 5.11 Å². The fourth-order valence-electron chi connectivity index (χ4n) is 1.89. The Morgan fingerprint density at radius 3 is 2.72 bits per heavy atom. The summed E-state index contributed by atoms with van der Waals surface area (Å²) in [6.07, 6.45) is 2.42. The van der Waals surface area contributed by atoms with Crippen molar-refractivity contribution in [3.8, 4) is 11.1 Å². The third-order valence-corrected chi connectivity index (χ3v) is 2.75. The zero-order valence-corrected chi connectivity index (χ0v) is 10.1. The standard InChI is InChI=1S/C13H13FN2O2/c1-3-12-10(7-16(2)15-12)9-5-4-8(13(17)18)6-11(9)14/h4-7H,3H2,1-2H3,(H,17,18). The molecule has 1 aromatic carbocycles. The molecule has 0 aliphatic carbocycles. The van der Waals surface area contributed by atoms with E-state index in [9.17, 15) is 9.18 Å². The Kier molecular flexibility index (Phi) is 3.14. The number of hydrogen-bond acceptors (Lipinski definition) is 2. The van der Waals surface area contributed by atoms with Gasteiger partial charge in [-0.25, -0.2) is 9.18 Å². The fraction of sp³-hybridized carbons (Fsp3) is 0.231. The number of aromatic nitrogens is 2. The minimum absolute atomic E-state index is 0.0572. The van der Waals surface area contributed by atoms with Gasteiger partial charge in [0, 0.05) is 24.4 Å². The first-order chi connectivity index (χ1) is 8.52. The summed E-state index contributed by atoms with van der Waals surface area (Å²) in [7, 11) is 1.77. The Morgan fingerprint density at radius 1 is 1.44 bits per heavy atom. The number of carbonyl (C=O) groups is 1. The molecule has 1 aromatic heterocycles. The molecule has 0 amide bonds. The number of hydrogen-bond donors (Lipinski definition) is 1. The molecule has 0 saturated carbocycles. The van der Waals surface area contributed by atoms with E-state index in [0.717, 1.165) is 11.8 Å². The summed E-state index contributed by atoms with van der Waals surface area (Å²) in [4.78, 5) is 10.7. The van der Waals surface area contributed by atoms with Gasteiger partial charge in [0.25, 0.3) is 0 Å². The van der Waals surface area contributed by atoms with E-state index in [1.54, 1.807) is 17.9 Å². The van der Waals surface area contributed by atoms with Crippen molar-refractivity contribution in [3.05, 3.63) is 41.5 Å². The van der Waals surface area contributed by atoms with Crippen LogP contribution in [0.1, 0.15) is 23.0 Å². The second kappa shape index (κ2) is 4.60. The largest absolute Gasteiger partial charge is 0.478 e. The molecular formula is C13H13FN2O2. The van der Waals surface area contributed by atoms with Crippen LogP contribution in [0.2, 0.25) is 0 Å². The van der Waals surface area contributed by atoms with Crippen LogP contribution in [0.15, 0.2) is 24.4 Å². The number of benzene rings is 1. The van der Waals surface area contributed by atoms with Gasteiger partial charge >= 0.3 is 5.97 Å². The van der Waals surface area contributed by atoms with E-state index in [1.165, 1.54) is 12.1 Å². The van der Waals surface area contributed by atoms with E-state index >= 15 is 0 Å². The van der Waals surface area contributed by atoms with Crippen LogP contribution < -0.4 is 0 Å². The molecule has 0 radical (unpaired) electrons. The number of carboxylic acid groups (broad SMARTS) is 1. The summed E-state index contributed by atoms with van der Waals surface area (Å²) in [5.41, 5.74) is 1.82. The number of rotatable bonds is 3. The highest BCUT2D eigenvalue weighted by molar-refractivity contribution is 5.88. The Hall–Kier alpha value is -2.17. The molecule has 0 spiro atoms. The third kappa shape index (κ3) is 2.11. The first-order valence-electron chi connectivity index (χ1n) is 5.58. The van der Waals surface area contributed by atoms with E-state index in [1.807, 2.05) is 6.92 Å². The summed E-state index contributed by atoms with van der Waals surface area (Å²) in [5.74, 6) is -1.68. The van der Waals surface area contributed by atoms with Gasteiger partial charge in [0.15, 0.2) is 0 Å². The van der Waals surface area contributed by atoms with E-state index in [4.69, 9.17) is 5.11 Å². The average molecular weight is 248 g/mol. The lowest BCUT2D eigenvalue weighted by Crippen LogP contribution is -1.98. The van der Waals surface area contributed by atoms with Crippen LogP contribution in [0.4, 0.5) is 4.39 Å². The summed E-state index contributed by atoms with van der Waals surface area (Å²) >= 11 is 0. The van der Waals surface area contributed by atoms with Crippen molar-refractivity contribution in [1.82, 2.24) is 9.78 Å². The molecule has 1 heterocycles. The second-order valence-corrected chi connectivity index (χ2v) is 4.02. The topological polar surface area (TPSA) is 55.1 Å². The van der Waals surface area contributed by atoms with Crippen molar-refractivity contribution in [2.75, 3.05) is 0 Å². The Labute approximate surface area is 104 Å². The maximum absolute atomic E-state index is 13.9. The van der Waals surface area contributed by atoms with Crippen molar-refractivity contribution >= 4 is 5.97 Å². The molecule has 0 atom stereocenters. The van der Waals surface area contributed by atoms with Crippen LogP contribution in [-0.2, 0) is 13.5 Å². The molecule has 94 valence electrons. The fourth-order valence-corrected chi connectivity index (χ4v) is 1.89. The lowest BCUT2D eigenvalue weighted by molar-refractivity contribution is 0.0696.